The van der Waals surface area contributed by atoms with Crippen LogP contribution in [0.2, 0.25) is 0 Å². The van der Waals surface area contributed by atoms with Gasteiger partial charge in [0, 0.05) is 58.1 Å². The molecule has 0 radical (unpaired) electrons. The predicted molar refractivity (Wildman–Crippen MR) is 134 cm³/mol. The summed E-state index contributed by atoms with van der Waals surface area (Å²) in [6, 6.07) is 19.7. The third-order valence-electron chi connectivity index (χ3n) is 6.30. The van der Waals surface area contributed by atoms with Crippen molar-refractivity contribution in [2.45, 2.75) is 32.9 Å². The molecular weight excluding hydrogens is 443 g/mol. The van der Waals surface area contributed by atoms with Crippen LogP contribution in [0.1, 0.15) is 30.2 Å². The predicted octanol–water partition coefficient (Wildman–Crippen LogP) is 4.05. The SMILES string of the molecule is CC(=O)N1CCCN(Cc2ccccn2)CCN(C(=O)Cc2ccc(F)cc2)Cc2ccccc21. The molecule has 0 saturated carbocycles. The lowest BCUT2D eigenvalue weighted by molar-refractivity contribution is -0.131. The van der Waals surface area contributed by atoms with Crippen LogP contribution in [0.25, 0.3) is 0 Å². The molecule has 2 amide bonds. The number of fused-ring (bicyclic) bond motifs is 1. The van der Waals surface area contributed by atoms with E-state index in [2.05, 4.69) is 9.88 Å². The number of nitrogens with zero attached hydrogens (tertiary/aromatic N) is 4. The zero-order valence-corrected chi connectivity index (χ0v) is 20.1. The molecule has 0 spiro atoms. The first kappa shape index (κ1) is 24.5. The van der Waals surface area contributed by atoms with Gasteiger partial charge < -0.3 is 9.80 Å². The fourth-order valence-electron chi connectivity index (χ4n) is 4.45. The van der Waals surface area contributed by atoms with Crippen molar-refractivity contribution in [1.29, 1.82) is 0 Å². The maximum atomic E-state index is 13.4. The molecule has 6 nitrogen and oxygen atoms in total. The Morgan fingerprint density at radius 1 is 0.914 bits per heavy atom. The highest BCUT2D eigenvalue weighted by Crippen LogP contribution is 2.24. The van der Waals surface area contributed by atoms with Gasteiger partial charge in [-0.2, -0.15) is 0 Å². The minimum Gasteiger partial charge on any atom is -0.337 e. The number of rotatable bonds is 4. The molecule has 2 heterocycles. The van der Waals surface area contributed by atoms with E-state index in [1.165, 1.54) is 12.1 Å². The van der Waals surface area contributed by atoms with Crippen molar-refractivity contribution >= 4 is 17.5 Å². The van der Waals surface area contributed by atoms with Crippen LogP contribution in [-0.2, 0) is 29.1 Å². The highest BCUT2D eigenvalue weighted by atomic mass is 19.1. The van der Waals surface area contributed by atoms with Gasteiger partial charge in [0.2, 0.25) is 11.8 Å². The van der Waals surface area contributed by atoms with Gasteiger partial charge in [-0.25, -0.2) is 4.39 Å². The van der Waals surface area contributed by atoms with E-state index >= 15 is 0 Å². The normalized spacial score (nSPS) is 15.3. The van der Waals surface area contributed by atoms with Crippen LogP contribution in [0.15, 0.2) is 72.9 Å². The van der Waals surface area contributed by atoms with E-state index in [1.54, 1.807) is 25.3 Å². The summed E-state index contributed by atoms with van der Waals surface area (Å²) >= 11 is 0. The number of halogens is 1. The number of carbonyl (C=O) groups is 2. The minimum atomic E-state index is -0.320. The second-order valence-electron chi connectivity index (χ2n) is 8.87. The van der Waals surface area contributed by atoms with Crippen molar-refractivity contribution in [3.8, 4) is 0 Å². The van der Waals surface area contributed by atoms with Gasteiger partial charge in [-0.1, -0.05) is 36.4 Å². The van der Waals surface area contributed by atoms with Gasteiger partial charge in [-0.3, -0.25) is 19.5 Å². The number of anilines is 1. The van der Waals surface area contributed by atoms with E-state index in [0.717, 1.165) is 35.5 Å². The first-order valence-corrected chi connectivity index (χ1v) is 12.0. The Hall–Kier alpha value is -3.58. The van der Waals surface area contributed by atoms with Crippen LogP contribution in [0.5, 0.6) is 0 Å². The van der Waals surface area contributed by atoms with Gasteiger partial charge >= 0.3 is 0 Å². The maximum Gasteiger partial charge on any atom is 0.227 e. The second kappa shape index (κ2) is 11.7. The number of benzene rings is 2. The van der Waals surface area contributed by atoms with Crippen molar-refractivity contribution in [3.05, 3.63) is 95.6 Å². The summed E-state index contributed by atoms with van der Waals surface area (Å²) in [4.78, 5) is 36.4. The fourth-order valence-corrected chi connectivity index (χ4v) is 4.45. The van der Waals surface area contributed by atoms with Crippen LogP contribution in [0.3, 0.4) is 0 Å². The summed E-state index contributed by atoms with van der Waals surface area (Å²) in [7, 11) is 0. The molecule has 35 heavy (non-hydrogen) atoms. The molecule has 7 heteroatoms. The topological polar surface area (TPSA) is 56.8 Å². The molecule has 0 N–H and O–H groups in total. The molecular formula is C28H31FN4O2. The van der Waals surface area contributed by atoms with E-state index in [-0.39, 0.29) is 24.1 Å². The number of pyridine rings is 1. The Balaban J connectivity index is 1.61. The van der Waals surface area contributed by atoms with E-state index in [4.69, 9.17) is 0 Å². The molecule has 0 unspecified atom stereocenters. The summed E-state index contributed by atoms with van der Waals surface area (Å²) < 4.78 is 13.4. The molecule has 1 aromatic heterocycles. The van der Waals surface area contributed by atoms with Gasteiger partial charge in [0.15, 0.2) is 0 Å². The third-order valence-corrected chi connectivity index (χ3v) is 6.30. The molecule has 0 aliphatic carbocycles. The highest BCUT2D eigenvalue weighted by Gasteiger charge is 2.22. The fraction of sp³-hybridized carbons (Fsp3) is 0.321. The zero-order valence-electron chi connectivity index (χ0n) is 20.1. The summed E-state index contributed by atoms with van der Waals surface area (Å²) in [6.07, 6.45) is 2.79. The van der Waals surface area contributed by atoms with Crippen LogP contribution in [-0.4, -0.2) is 52.8 Å². The van der Waals surface area contributed by atoms with Crippen molar-refractivity contribution in [3.63, 3.8) is 0 Å². The number of hydrogen-bond acceptors (Lipinski definition) is 4. The minimum absolute atomic E-state index is 0.0165. The van der Waals surface area contributed by atoms with Crippen LogP contribution < -0.4 is 4.90 Å². The highest BCUT2D eigenvalue weighted by molar-refractivity contribution is 5.92. The molecule has 2 aromatic carbocycles. The summed E-state index contributed by atoms with van der Waals surface area (Å²) in [5.41, 5.74) is 3.53. The molecule has 3 aromatic rings. The molecule has 1 aliphatic heterocycles. The first-order chi connectivity index (χ1) is 17.0. The Morgan fingerprint density at radius 3 is 2.43 bits per heavy atom. The molecule has 0 fully saturated rings. The monoisotopic (exact) mass is 474 g/mol. The summed E-state index contributed by atoms with van der Waals surface area (Å²) in [5, 5.41) is 0. The quantitative estimate of drug-likeness (QED) is 0.573. The van der Waals surface area contributed by atoms with E-state index < -0.39 is 0 Å². The van der Waals surface area contributed by atoms with Gasteiger partial charge in [0.1, 0.15) is 5.82 Å². The Bertz CT molecular complexity index is 1140. The average molecular weight is 475 g/mol. The van der Waals surface area contributed by atoms with Crippen molar-refractivity contribution in [1.82, 2.24) is 14.8 Å². The smallest absolute Gasteiger partial charge is 0.227 e. The Labute approximate surface area is 206 Å². The van der Waals surface area contributed by atoms with Crippen molar-refractivity contribution < 1.29 is 14.0 Å². The standard InChI is InChI=1S/C28H31FN4O2/c1-22(34)33-16-6-15-31(21-26-8-4-5-14-30-26)17-18-32(20-24-7-2-3-9-27(24)33)28(35)19-23-10-12-25(29)13-11-23/h2-5,7-14H,6,15-21H2,1H3. The largest absolute Gasteiger partial charge is 0.337 e. The molecule has 4 rings (SSSR count). The molecule has 0 saturated heterocycles. The van der Waals surface area contributed by atoms with Crippen LogP contribution in [0, 0.1) is 5.82 Å². The van der Waals surface area contributed by atoms with Crippen molar-refractivity contribution in [2.24, 2.45) is 0 Å². The maximum absolute atomic E-state index is 13.4. The molecule has 0 atom stereocenters. The second-order valence-corrected chi connectivity index (χ2v) is 8.87. The first-order valence-electron chi connectivity index (χ1n) is 12.0. The van der Waals surface area contributed by atoms with E-state index in [0.29, 0.717) is 32.7 Å². The van der Waals surface area contributed by atoms with Gasteiger partial charge in [0.25, 0.3) is 0 Å². The number of aromatic nitrogens is 1. The number of para-hydroxylation sites is 1. The lowest BCUT2D eigenvalue weighted by Crippen LogP contribution is -2.39. The molecule has 0 bridgehead atoms. The van der Waals surface area contributed by atoms with Crippen LogP contribution in [0.4, 0.5) is 10.1 Å². The zero-order chi connectivity index (χ0) is 24.6. The lowest BCUT2D eigenvalue weighted by Gasteiger charge is -2.28. The summed E-state index contributed by atoms with van der Waals surface area (Å²) in [5.74, 6) is -0.366. The lowest BCUT2D eigenvalue weighted by atomic mass is 10.1. The van der Waals surface area contributed by atoms with E-state index in [9.17, 15) is 14.0 Å². The van der Waals surface area contributed by atoms with Gasteiger partial charge in [0.05, 0.1) is 12.1 Å². The van der Waals surface area contributed by atoms with Crippen LogP contribution >= 0.6 is 0 Å². The molecule has 1 aliphatic rings. The average Bonchev–Trinajstić information content (AvgIpc) is 2.89. The molecule has 182 valence electrons. The third kappa shape index (κ3) is 6.73. The summed E-state index contributed by atoms with van der Waals surface area (Å²) in [6.45, 7) is 5.27. The Kier molecular flexibility index (Phi) is 8.21. The van der Waals surface area contributed by atoms with Gasteiger partial charge in [-0.05, 0) is 47.9 Å². The number of hydrogen-bond donors (Lipinski definition) is 0. The number of carbonyl (C=O) groups excluding carboxylic acids is 2. The van der Waals surface area contributed by atoms with Gasteiger partial charge in [-0.15, -0.1) is 0 Å². The Morgan fingerprint density at radius 2 is 1.69 bits per heavy atom. The van der Waals surface area contributed by atoms with Crippen molar-refractivity contribution in [2.75, 3.05) is 31.1 Å². The van der Waals surface area contributed by atoms with E-state index in [1.807, 2.05) is 52.3 Å². The number of amides is 2.